The van der Waals surface area contributed by atoms with E-state index in [1.165, 1.54) is 0 Å². The molecule has 1 saturated heterocycles. The fourth-order valence-electron chi connectivity index (χ4n) is 3.15. The zero-order valence-electron chi connectivity index (χ0n) is 9.31. The number of amides is 1. The molecule has 0 aromatic heterocycles. The zero-order chi connectivity index (χ0) is 11.1. The molecule has 2 atom stereocenters. The number of hydrogen-bond donors (Lipinski definition) is 2. The monoisotopic (exact) mass is 209 g/mol. The molecule has 1 aliphatic carbocycles. The Kier molecular flexibility index (Phi) is 2.38. The molecule has 2 N–H and O–H groups in total. The Hall–Kier alpha value is -0.830. The summed E-state index contributed by atoms with van der Waals surface area (Å²) in [6, 6.07) is 0. The van der Waals surface area contributed by atoms with Gasteiger partial charge < -0.3 is 10.4 Å². The van der Waals surface area contributed by atoms with Gasteiger partial charge >= 0.3 is 0 Å². The van der Waals surface area contributed by atoms with Crippen molar-refractivity contribution in [3.8, 4) is 0 Å². The SMILES string of the molecule is C=C(C)[C@]1(O)CCC[C@@]12CCCC(=O)N2. The molecule has 0 radical (unpaired) electrons. The smallest absolute Gasteiger partial charge is 0.220 e. The van der Waals surface area contributed by atoms with Crippen LogP contribution < -0.4 is 5.32 Å². The molecule has 15 heavy (non-hydrogen) atoms. The predicted molar refractivity (Wildman–Crippen MR) is 58.3 cm³/mol. The van der Waals surface area contributed by atoms with Crippen molar-refractivity contribution in [1.29, 1.82) is 0 Å². The van der Waals surface area contributed by atoms with Gasteiger partial charge in [-0.1, -0.05) is 6.58 Å². The molecule has 2 fully saturated rings. The van der Waals surface area contributed by atoms with Gasteiger partial charge in [-0.25, -0.2) is 0 Å². The molecule has 0 aromatic carbocycles. The summed E-state index contributed by atoms with van der Waals surface area (Å²) >= 11 is 0. The number of aliphatic hydroxyl groups is 1. The maximum absolute atomic E-state index is 11.5. The van der Waals surface area contributed by atoms with E-state index in [1.54, 1.807) is 0 Å². The second-order valence-electron chi connectivity index (χ2n) is 4.98. The molecule has 1 aliphatic heterocycles. The molecule has 0 aromatic rings. The first-order valence-electron chi connectivity index (χ1n) is 5.70. The van der Waals surface area contributed by atoms with Gasteiger partial charge in [0.1, 0.15) is 5.60 Å². The maximum atomic E-state index is 11.5. The summed E-state index contributed by atoms with van der Waals surface area (Å²) in [7, 11) is 0. The Morgan fingerprint density at radius 2 is 2.07 bits per heavy atom. The Morgan fingerprint density at radius 1 is 1.40 bits per heavy atom. The lowest BCUT2D eigenvalue weighted by molar-refractivity contribution is -0.129. The summed E-state index contributed by atoms with van der Waals surface area (Å²) in [5, 5.41) is 13.7. The van der Waals surface area contributed by atoms with Crippen LogP contribution in [0, 0.1) is 0 Å². The molecule has 1 heterocycles. The molecule has 3 heteroatoms. The van der Waals surface area contributed by atoms with Crippen molar-refractivity contribution in [2.24, 2.45) is 0 Å². The van der Waals surface area contributed by atoms with Gasteiger partial charge in [-0.2, -0.15) is 0 Å². The standard InChI is InChI=1S/C12H19NO2/c1-9(2)12(15)8-4-7-11(12)6-3-5-10(14)13-11/h15H,1,3-8H2,2H3,(H,13,14)/t11-,12+/m0/s1. The van der Waals surface area contributed by atoms with Crippen LogP contribution in [-0.2, 0) is 4.79 Å². The summed E-state index contributed by atoms with van der Waals surface area (Å²) in [6.45, 7) is 5.74. The van der Waals surface area contributed by atoms with Gasteiger partial charge in [0.15, 0.2) is 0 Å². The third-order valence-corrected chi connectivity index (χ3v) is 4.03. The van der Waals surface area contributed by atoms with Gasteiger partial charge in [-0.15, -0.1) is 0 Å². The largest absolute Gasteiger partial charge is 0.383 e. The minimum atomic E-state index is -0.886. The number of rotatable bonds is 1. The van der Waals surface area contributed by atoms with Gasteiger partial charge in [-0.05, 0) is 44.6 Å². The Morgan fingerprint density at radius 3 is 2.67 bits per heavy atom. The van der Waals surface area contributed by atoms with Crippen molar-refractivity contribution in [3.63, 3.8) is 0 Å². The molecule has 1 saturated carbocycles. The van der Waals surface area contributed by atoms with Crippen LogP contribution >= 0.6 is 0 Å². The van der Waals surface area contributed by atoms with Gasteiger partial charge in [0.05, 0.1) is 5.54 Å². The lowest BCUT2D eigenvalue weighted by Gasteiger charge is -2.46. The van der Waals surface area contributed by atoms with Crippen molar-refractivity contribution < 1.29 is 9.90 Å². The molecular formula is C12H19NO2. The van der Waals surface area contributed by atoms with Crippen LogP contribution in [0.15, 0.2) is 12.2 Å². The fourth-order valence-corrected chi connectivity index (χ4v) is 3.15. The van der Waals surface area contributed by atoms with E-state index in [-0.39, 0.29) is 5.91 Å². The van der Waals surface area contributed by atoms with Crippen molar-refractivity contribution >= 4 is 5.91 Å². The quantitative estimate of drug-likeness (QED) is 0.643. The van der Waals surface area contributed by atoms with Crippen molar-refractivity contribution in [2.45, 2.75) is 56.6 Å². The first kappa shape index (κ1) is 10.7. The highest BCUT2D eigenvalue weighted by Gasteiger charge is 2.55. The molecule has 1 spiro atoms. The van der Waals surface area contributed by atoms with E-state index in [0.29, 0.717) is 6.42 Å². The highest BCUT2D eigenvalue weighted by atomic mass is 16.3. The van der Waals surface area contributed by atoms with E-state index in [2.05, 4.69) is 11.9 Å². The van der Waals surface area contributed by atoms with Crippen LogP contribution in [0.25, 0.3) is 0 Å². The number of carbonyl (C=O) groups excluding carboxylic acids is 1. The van der Waals surface area contributed by atoms with Gasteiger partial charge in [0.25, 0.3) is 0 Å². The lowest BCUT2D eigenvalue weighted by Crippen LogP contribution is -2.63. The summed E-state index contributed by atoms with van der Waals surface area (Å²) in [5.74, 6) is 0.0721. The summed E-state index contributed by atoms with van der Waals surface area (Å²) in [6.07, 6.45) is 4.91. The number of nitrogens with one attached hydrogen (secondary N) is 1. The van der Waals surface area contributed by atoms with E-state index in [4.69, 9.17) is 0 Å². The first-order chi connectivity index (χ1) is 7.00. The highest BCUT2D eigenvalue weighted by Crippen LogP contribution is 2.47. The molecular weight excluding hydrogens is 190 g/mol. The van der Waals surface area contributed by atoms with Crippen LogP contribution in [0.5, 0.6) is 0 Å². The minimum Gasteiger partial charge on any atom is -0.383 e. The minimum absolute atomic E-state index is 0.0721. The molecule has 0 unspecified atom stereocenters. The maximum Gasteiger partial charge on any atom is 0.220 e. The summed E-state index contributed by atoms with van der Waals surface area (Å²) < 4.78 is 0. The van der Waals surface area contributed by atoms with Gasteiger partial charge in [0.2, 0.25) is 5.91 Å². The van der Waals surface area contributed by atoms with Gasteiger partial charge in [-0.3, -0.25) is 4.79 Å². The average Bonchev–Trinajstić information content (AvgIpc) is 2.45. The van der Waals surface area contributed by atoms with E-state index in [0.717, 1.165) is 37.7 Å². The fraction of sp³-hybridized carbons (Fsp3) is 0.750. The summed E-state index contributed by atoms with van der Waals surface area (Å²) in [5.41, 5.74) is -0.528. The third kappa shape index (κ3) is 1.41. The van der Waals surface area contributed by atoms with Crippen LogP contribution in [0.2, 0.25) is 0 Å². The van der Waals surface area contributed by atoms with Gasteiger partial charge in [0, 0.05) is 6.42 Å². The second kappa shape index (κ2) is 3.34. The Balaban J connectivity index is 2.33. The molecule has 3 nitrogen and oxygen atoms in total. The van der Waals surface area contributed by atoms with Crippen molar-refractivity contribution in [1.82, 2.24) is 5.32 Å². The number of hydrogen-bond acceptors (Lipinski definition) is 2. The third-order valence-electron chi connectivity index (χ3n) is 4.03. The van der Waals surface area contributed by atoms with Crippen LogP contribution in [-0.4, -0.2) is 22.2 Å². The van der Waals surface area contributed by atoms with E-state index >= 15 is 0 Å². The van der Waals surface area contributed by atoms with Crippen molar-refractivity contribution in [3.05, 3.63) is 12.2 Å². The van der Waals surface area contributed by atoms with E-state index in [1.807, 2.05) is 6.92 Å². The topological polar surface area (TPSA) is 49.3 Å². The van der Waals surface area contributed by atoms with Crippen molar-refractivity contribution in [2.75, 3.05) is 0 Å². The zero-order valence-corrected chi connectivity index (χ0v) is 9.31. The average molecular weight is 209 g/mol. The number of carbonyl (C=O) groups is 1. The number of piperidine rings is 1. The molecule has 2 aliphatic rings. The first-order valence-corrected chi connectivity index (χ1v) is 5.70. The van der Waals surface area contributed by atoms with E-state index in [9.17, 15) is 9.90 Å². The molecule has 0 bridgehead atoms. The molecule has 2 rings (SSSR count). The second-order valence-corrected chi connectivity index (χ2v) is 4.98. The highest BCUT2D eigenvalue weighted by molar-refractivity contribution is 5.78. The Labute approximate surface area is 90.6 Å². The predicted octanol–water partition coefficient (Wildman–Crippen LogP) is 1.52. The molecule has 1 amide bonds. The van der Waals surface area contributed by atoms with Crippen LogP contribution in [0.4, 0.5) is 0 Å². The van der Waals surface area contributed by atoms with E-state index < -0.39 is 11.1 Å². The Bertz CT molecular complexity index is 313. The lowest BCUT2D eigenvalue weighted by atomic mass is 9.73. The summed E-state index contributed by atoms with van der Waals surface area (Å²) in [4.78, 5) is 11.5. The van der Waals surface area contributed by atoms with Crippen LogP contribution in [0.1, 0.15) is 45.4 Å². The normalized spacial score (nSPS) is 40.5. The molecule has 84 valence electrons. The van der Waals surface area contributed by atoms with Crippen LogP contribution in [0.3, 0.4) is 0 Å².